The van der Waals surface area contributed by atoms with Gasteiger partial charge in [-0.25, -0.2) is 4.98 Å². The number of carbonyl (C=O) groups is 1. The molecule has 8 heteroatoms. The number of rotatable bonds is 5. The van der Waals surface area contributed by atoms with Crippen molar-refractivity contribution >= 4 is 41.7 Å². The molecule has 0 saturated heterocycles. The number of amides is 1. The van der Waals surface area contributed by atoms with Crippen molar-refractivity contribution in [3.63, 3.8) is 0 Å². The van der Waals surface area contributed by atoms with Crippen molar-refractivity contribution < 1.29 is 4.79 Å². The number of benzene rings is 1. The number of aryl methyl sites for hydroxylation is 1. The normalized spacial score (nSPS) is 18.7. The number of aromatic nitrogens is 2. The van der Waals surface area contributed by atoms with Crippen molar-refractivity contribution in [2.45, 2.75) is 44.7 Å². The van der Waals surface area contributed by atoms with Gasteiger partial charge in [0.2, 0.25) is 5.95 Å². The van der Waals surface area contributed by atoms with Crippen LogP contribution in [0, 0.1) is 6.92 Å². The minimum atomic E-state index is -0.102. The molecule has 0 bridgehead atoms. The lowest BCUT2D eigenvalue weighted by molar-refractivity contribution is 0.0926. The van der Waals surface area contributed by atoms with E-state index in [0.29, 0.717) is 22.6 Å². The van der Waals surface area contributed by atoms with Crippen molar-refractivity contribution in [1.82, 2.24) is 15.3 Å². The predicted molar refractivity (Wildman–Crippen MR) is 117 cm³/mol. The Morgan fingerprint density at radius 3 is 2.43 bits per heavy atom. The summed E-state index contributed by atoms with van der Waals surface area (Å²) < 4.78 is 0. The Kier molecular flexibility index (Phi) is 7.89. The second kappa shape index (κ2) is 9.94. The van der Waals surface area contributed by atoms with Gasteiger partial charge in [-0.2, -0.15) is 4.98 Å². The molecule has 1 amide bonds. The Hall–Kier alpha value is -2.05. The van der Waals surface area contributed by atoms with Crippen LogP contribution in [0.15, 0.2) is 30.5 Å². The molecule has 0 spiro atoms. The number of anilines is 2. The van der Waals surface area contributed by atoms with Gasteiger partial charge in [0.15, 0.2) is 0 Å². The first-order chi connectivity index (χ1) is 12.9. The van der Waals surface area contributed by atoms with Crippen LogP contribution in [0.1, 0.15) is 41.6 Å². The molecule has 3 rings (SSSR count). The molecule has 1 saturated carbocycles. The van der Waals surface area contributed by atoms with Crippen LogP contribution in [0.5, 0.6) is 0 Å². The molecule has 1 aromatic heterocycles. The molecule has 2 N–H and O–H groups in total. The summed E-state index contributed by atoms with van der Waals surface area (Å²) in [5.41, 5.74) is 1.58. The van der Waals surface area contributed by atoms with Gasteiger partial charge in [0.25, 0.3) is 5.91 Å². The molecule has 1 aromatic carbocycles. The predicted octanol–water partition coefficient (Wildman–Crippen LogP) is 4.08. The number of hydrogen-bond acceptors (Lipinski definition) is 5. The molecule has 0 atom stereocenters. The molecule has 28 heavy (non-hydrogen) atoms. The summed E-state index contributed by atoms with van der Waals surface area (Å²) in [6.07, 6.45) is 5.60. The highest BCUT2D eigenvalue weighted by Crippen LogP contribution is 2.23. The summed E-state index contributed by atoms with van der Waals surface area (Å²) in [5.74, 6) is 1.48. The maximum atomic E-state index is 12.4. The average Bonchev–Trinajstić information content (AvgIpc) is 2.65. The molecule has 1 aliphatic rings. The van der Waals surface area contributed by atoms with Gasteiger partial charge in [-0.1, -0.05) is 23.7 Å². The second-order valence-electron chi connectivity index (χ2n) is 7.24. The Balaban J connectivity index is 0.00000280. The summed E-state index contributed by atoms with van der Waals surface area (Å²) in [4.78, 5) is 23.4. The zero-order chi connectivity index (χ0) is 19.4. The van der Waals surface area contributed by atoms with E-state index in [2.05, 4.69) is 20.6 Å². The van der Waals surface area contributed by atoms with Crippen LogP contribution in [0.2, 0.25) is 5.02 Å². The lowest BCUT2D eigenvalue weighted by Gasteiger charge is -2.30. The van der Waals surface area contributed by atoms with Crippen LogP contribution >= 0.6 is 24.0 Å². The van der Waals surface area contributed by atoms with Gasteiger partial charge in [-0.05, 0) is 44.7 Å². The van der Waals surface area contributed by atoms with Gasteiger partial charge in [0.05, 0.1) is 10.6 Å². The van der Waals surface area contributed by atoms with Gasteiger partial charge in [0, 0.05) is 37.9 Å². The summed E-state index contributed by atoms with van der Waals surface area (Å²) in [6, 6.07) is 7.62. The van der Waals surface area contributed by atoms with Crippen LogP contribution in [0.4, 0.5) is 11.8 Å². The molecule has 2 aromatic rings. The van der Waals surface area contributed by atoms with Gasteiger partial charge < -0.3 is 15.5 Å². The number of nitrogens with one attached hydrogen (secondary N) is 2. The Labute approximate surface area is 177 Å². The fourth-order valence-corrected chi connectivity index (χ4v) is 3.65. The highest BCUT2D eigenvalue weighted by Gasteiger charge is 2.24. The highest BCUT2D eigenvalue weighted by atomic mass is 35.5. The number of nitrogens with zero attached hydrogens (tertiary/aromatic N) is 3. The maximum Gasteiger partial charge on any atom is 0.253 e. The van der Waals surface area contributed by atoms with E-state index in [4.69, 9.17) is 11.6 Å². The largest absolute Gasteiger partial charge is 0.362 e. The molecule has 0 aliphatic heterocycles. The third-order valence-electron chi connectivity index (χ3n) is 4.88. The lowest BCUT2D eigenvalue weighted by Crippen LogP contribution is -2.40. The minimum Gasteiger partial charge on any atom is -0.362 e. The molecular formula is C20H27Cl2N5O. The highest BCUT2D eigenvalue weighted by molar-refractivity contribution is 6.33. The summed E-state index contributed by atoms with van der Waals surface area (Å²) in [5, 5.41) is 7.02. The van der Waals surface area contributed by atoms with Gasteiger partial charge in [0.1, 0.15) is 5.82 Å². The fourth-order valence-electron chi connectivity index (χ4n) is 3.43. The summed E-state index contributed by atoms with van der Waals surface area (Å²) in [7, 11) is 3.96. The van der Waals surface area contributed by atoms with Crippen molar-refractivity contribution in [3.8, 4) is 0 Å². The fraction of sp³-hybridized carbons (Fsp3) is 0.450. The van der Waals surface area contributed by atoms with Crippen molar-refractivity contribution in [1.29, 1.82) is 0 Å². The maximum absolute atomic E-state index is 12.4. The third-order valence-corrected chi connectivity index (χ3v) is 5.21. The molecule has 1 fully saturated rings. The van der Waals surface area contributed by atoms with Gasteiger partial charge in [-0.3, -0.25) is 4.79 Å². The second-order valence-corrected chi connectivity index (χ2v) is 7.65. The van der Waals surface area contributed by atoms with Crippen molar-refractivity contribution in [2.24, 2.45) is 0 Å². The third kappa shape index (κ3) is 5.49. The first-order valence-corrected chi connectivity index (χ1v) is 9.64. The van der Waals surface area contributed by atoms with E-state index in [1.54, 1.807) is 12.1 Å². The first kappa shape index (κ1) is 22.2. The molecule has 1 heterocycles. The smallest absolute Gasteiger partial charge is 0.253 e. The number of hydrogen-bond donors (Lipinski definition) is 2. The molecular weight excluding hydrogens is 397 g/mol. The molecule has 0 unspecified atom stereocenters. The van der Waals surface area contributed by atoms with E-state index in [1.165, 1.54) is 0 Å². The van der Waals surface area contributed by atoms with E-state index in [-0.39, 0.29) is 24.4 Å². The number of carbonyl (C=O) groups excluding carboxylic acids is 1. The topological polar surface area (TPSA) is 70.1 Å². The van der Waals surface area contributed by atoms with E-state index >= 15 is 0 Å². The zero-order valence-corrected chi connectivity index (χ0v) is 18.0. The van der Waals surface area contributed by atoms with Crippen LogP contribution in [0.3, 0.4) is 0 Å². The lowest BCUT2D eigenvalue weighted by atomic mass is 9.91. The van der Waals surface area contributed by atoms with Crippen molar-refractivity contribution in [3.05, 3.63) is 46.6 Å². The molecule has 0 radical (unpaired) electrons. The van der Waals surface area contributed by atoms with Crippen LogP contribution < -0.4 is 15.5 Å². The van der Waals surface area contributed by atoms with Gasteiger partial charge in [-0.15, -0.1) is 12.4 Å². The Bertz CT molecular complexity index is 807. The zero-order valence-electron chi connectivity index (χ0n) is 16.4. The first-order valence-electron chi connectivity index (χ1n) is 9.27. The number of halogens is 2. The summed E-state index contributed by atoms with van der Waals surface area (Å²) >= 11 is 6.11. The van der Waals surface area contributed by atoms with Crippen LogP contribution in [-0.4, -0.2) is 42.1 Å². The summed E-state index contributed by atoms with van der Waals surface area (Å²) in [6.45, 7) is 2.01. The average molecular weight is 424 g/mol. The van der Waals surface area contributed by atoms with Crippen LogP contribution in [0.25, 0.3) is 0 Å². The van der Waals surface area contributed by atoms with Gasteiger partial charge >= 0.3 is 0 Å². The monoisotopic (exact) mass is 423 g/mol. The molecule has 152 valence electrons. The quantitative estimate of drug-likeness (QED) is 0.757. The Morgan fingerprint density at radius 1 is 1.14 bits per heavy atom. The van der Waals surface area contributed by atoms with E-state index in [9.17, 15) is 4.79 Å². The van der Waals surface area contributed by atoms with E-state index < -0.39 is 0 Å². The molecule has 1 aliphatic carbocycles. The molecule has 6 nitrogen and oxygen atoms in total. The van der Waals surface area contributed by atoms with Crippen molar-refractivity contribution in [2.75, 3.05) is 24.3 Å². The van der Waals surface area contributed by atoms with E-state index in [1.807, 2.05) is 44.2 Å². The minimum absolute atomic E-state index is 0. The van der Waals surface area contributed by atoms with Crippen LogP contribution in [-0.2, 0) is 0 Å². The van der Waals surface area contributed by atoms with E-state index in [0.717, 1.165) is 37.1 Å². The SMILES string of the molecule is Cc1cnc(NC2CCC(NC(=O)c3ccccc3Cl)CC2)nc1N(C)C.Cl. The Morgan fingerprint density at radius 2 is 1.79 bits per heavy atom. The standard InChI is InChI=1S/C20H26ClN5O.ClH/c1-13-12-22-20(25-18(13)26(2)3)24-15-10-8-14(9-11-15)23-19(27)16-6-4-5-7-17(16)21;/h4-7,12,14-15H,8-11H2,1-3H3,(H,23,27)(H,22,24,25);1H.